The number of likely N-dealkylation sites (N-methyl/N-ethyl adjacent to an activating group) is 1. The fourth-order valence-electron chi connectivity index (χ4n) is 3.81. The summed E-state index contributed by atoms with van der Waals surface area (Å²) in [6.07, 6.45) is 0.341. The van der Waals surface area contributed by atoms with Crippen LogP contribution in [0.3, 0.4) is 0 Å². The molecule has 0 bridgehead atoms. The van der Waals surface area contributed by atoms with E-state index in [1.165, 1.54) is 9.80 Å². The van der Waals surface area contributed by atoms with Crippen LogP contribution in [0.1, 0.15) is 16.7 Å². The van der Waals surface area contributed by atoms with Crippen LogP contribution >= 0.6 is 0 Å². The highest BCUT2D eigenvalue weighted by atomic mass is 16.5. The highest BCUT2D eigenvalue weighted by molar-refractivity contribution is 6.02. The topological polar surface area (TPSA) is 68.3 Å². The third kappa shape index (κ3) is 2.26. The molecule has 0 N–H and O–H groups in total. The van der Waals surface area contributed by atoms with Crippen molar-refractivity contribution in [2.75, 3.05) is 34.9 Å². The molecule has 1 saturated heterocycles. The summed E-state index contributed by atoms with van der Waals surface area (Å²) < 4.78 is 16.7. The first-order valence-electron chi connectivity index (χ1n) is 7.95. The Morgan fingerprint density at radius 2 is 1.64 bits per heavy atom. The van der Waals surface area contributed by atoms with E-state index in [4.69, 9.17) is 14.2 Å². The highest BCUT2D eigenvalue weighted by Crippen LogP contribution is 2.50. The van der Waals surface area contributed by atoms with Crippen molar-refractivity contribution in [2.45, 2.75) is 19.4 Å². The number of nitrogens with zero attached hydrogens (tertiary/aromatic N) is 2. The molecule has 1 aromatic carbocycles. The molecular formula is C18H22N2O5. The van der Waals surface area contributed by atoms with E-state index in [0.29, 0.717) is 34.9 Å². The van der Waals surface area contributed by atoms with Crippen LogP contribution < -0.4 is 14.2 Å². The van der Waals surface area contributed by atoms with Gasteiger partial charge >= 0.3 is 0 Å². The van der Waals surface area contributed by atoms with Crippen molar-refractivity contribution in [1.29, 1.82) is 0 Å². The van der Waals surface area contributed by atoms with E-state index in [1.54, 1.807) is 28.4 Å². The van der Waals surface area contributed by atoms with Gasteiger partial charge in [0.15, 0.2) is 11.5 Å². The third-order valence-corrected chi connectivity index (χ3v) is 4.89. The number of hydrogen-bond acceptors (Lipinski definition) is 5. The lowest BCUT2D eigenvalue weighted by atomic mass is 9.86. The number of fused-ring (bicyclic) bond motifs is 2. The second-order valence-corrected chi connectivity index (χ2v) is 6.20. The van der Waals surface area contributed by atoms with Gasteiger partial charge in [-0.15, -0.1) is 0 Å². The molecule has 2 aliphatic rings. The van der Waals surface area contributed by atoms with Crippen LogP contribution in [0.4, 0.5) is 0 Å². The largest absolute Gasteiger partial charge is 0.496 e. The van der Waals surface area contributed by atoms with Crippen LogP contribution in [0, 0.1) is 6.92 Å². The maximum Gasteiger partial charge on any atom is 0.247 e. The second-order valence-electron chi connectivity index (χ2n) is 6.20. The summed E-state index contributed by atoms with van der Waals surface area (Å²) in [6, 6.07) is -0.613. The van der Waals surface area contributed by atoms with E-state index >= 15 is 0 Å². The zero-order valence-corrected chi connectivity index (χ0v) is 15.1. The summed E-state index contributed by atoms with van der Waals surface area (Å²) in [4.78, 5) is 28.1. The van der Waals surface area contributed by atoms with E-state index in [9.17, 15) is 9.59 Å². The molecule has 0 aromatic heterocycles. The molecule has 3 rings (SSSR count). The number of amides is 2. The Kier molecular flexibility index (Phi) is 4.10. The molecule has 0 spiro atoms. The van der Waals surface area contributed by atoms with E-state index in [1.807, 2.05) is 6.92 Å². The molecule has 7 nitrogen and oxygen atoms in total. The first kappa shape index (κ1) is 17.1. The average Bonchev–Trinajstić information content (AvgIpc) is 2.58. The number of piperazine rings is 1. The lowest BCUT2D eigenvalue weighted by Gasteiger charge is -2.44. The summed E-state index contributed by atoms with van der Waals surface area (Å²) in [6.45, 7) is 5.99. The molecular weight excluding hydrogens is 324 g/mol. The van der Waals surface area contributed by atoms with Crippen LogP contribution in [-0.4, -0.2) is 62.6 Å². The van der Waals surface area contributed by atoms with Crippen molar-refractivity contribution >= 4 is 17.5 Å². The number of benzene rings is 1. The minimum absolute atomic E-state index is 0.0339. The maximum atomic E-state index is 12.6. The molecule has 2 heterocycles. The Morgan fingerprint density at radius 1 is 1.04 bits per heavy atom. The van der Waals surface area contributed by atoms with E-state index in [-0.39, 0.29) is 18.4 Å². The average molecular weight is 346 g/mol. The van der Waals surface area contributed by atoms with Gasteiger partial charge in [0.25, 0.3) is 0 Å². The summed E-state index contributed by atoms with van der Waals surface area (Å²) in [5, 5.41) is 0. The van der Waals surface area contributed by atoms with Gasteiger partial charge in [-0.25, -0.2) is 0 Å². The molecule has 25 heavy (non-hydrogen) atoms. The molecule has 0 aliphatic carbocycles. The molecule has 7 heteroatoms. The van der Waals surface area contributed by atoms with Gasteiger partial charge in [0, 0.05) is 30.3 Å². The molecule has 1 fully saturated rings. The SMILES string of the molecule is C=C1c2c(c(OC)c(C)c(OC)c2OC)CC2C(=O)N(C)CC(=O)N12. The lowest BCUT2D eigenvalue weighted by molar-refractivity contribution is -0.150. The first-order valence-corrected chi connectivity index (χ1v) is 7.95. The second kappa shape index (κ2) is 5.98. The molecule has 134 valence electrons. The van der Waals surface area contributed by atoms with Gasteiger partial charge in [0.2, 0.25) is 11.8 Å². The predicted molar refractivity (Wildman–Crippen MR) is 91.8 cm³/mol. The van der Waals surface area contributed by atoms with Crippen molar-refractivity contribution in [3.63, 3.8) is 0 Å². The fourth-order valence-corrected chi connectivity index (χ4v) is 3.81. The zero-order valence-electron chi connectivity index (χ0n) is 15.1. The van der Waals surface area contributed by atoms with Crippen molar-refractivity contribution in [3.8, 4) is 17.2 Å². The summed E-state index contributed by atoms with van der Waals surface area (Å²) in [5.41, 5.74) is 2.68. The Balaban J connectivity index is 2.29. The molecule has 1 aromatic rings. The van der Waals surface area contributed by atoms with Crippen LogP contribution in [-0.2, 0) is 16.0 Å². The normalized spacial score (nSPS) is 19.6. The van der Waals surface area contributed by atoms with Gasteiger partial charge < -0.3 is 19.1 Å². The van der Waals surface area contributed by atoms with Crippen LogP contribution in [0.25, 0.3) is 5.70 Å². The molecule has 0 saturated carbocycles. The minimum atomic E-state index is -0.613. The van der Waals surface area contributed by atoms with E-state index in [0.717, 1.165) is 11.1 Å². The van der Waals surface area contributed by atoms with Crippen LogP contribution in [0.15, 0.2) is 6.58 Å². The van der Waals surface area contributed by atoms with E-state index < -0.39 is 6.04 Å². The quantitative estimate of drug-likeness (QED) is 0.823. The van der Waals surface area contributed by atoms with Crippen molar-refractivity contribution in [3.05, 3.63) is 23.3 Å². The van der Waals surface area contributed by atoms with Gasteiger partial charge in [0.05, 0.1) is 33.4 Å². The zero-order chi connectivity index (χ0) is 18.5. The van der Waals surface area contributed by atoms with E-state index in [2.05, 4.69) is 6.58 Å². The number of carbonyl (C=O) groups excluding carboxylic acids is 2. The molecule has 1 atom stereocenters. The number of carbonyl (C=O) groups is 2. The first-order chi connectivity index (χ1) is 11.9. The molecule has 2 amide bonds. The highest BCUT2D eigenvalue weighted by Gasteiger charge is 2.45. The summed E-state index contributed by atoms with van der Waals surface area (Å²) in [5.74, 6) is 1.38. The van der Waals surface area contributed by atoms with Crippen molar-refractivity contribution in [2.24, 2.45) is 0 Å². The number of hydrogen-bond donors (Lipinski definition) is 0. The van der Waals surface area contributed by atoms with Gasteiger partial charge in [0.1, 0.15) is 11.8 Å². The van der Waals surface area contributed by atoms with Crippen LogP contribution in [0.5, 0.6) is 17.2 Å². The number of methoxy groups -OCH3 is 3. The number of rotatable bonds is 3. The Morgan fingerprint density at radius 3 is 2.20 bits per heavy atom. The van der Waals surface area contributed by atoms with Gasteiger partial charge in [-0.3, -0.25) is 14.5 Å². The smallest absolute Gasteiger partial charge is 0.247 e. The van der Waals surface area contributed by atoms with Gasteiger partial charge in [-0.1, -0.05) is 6.58 Å². The monoisotopic (exact) mass is 346 g/mol. The lowest BCUT2D eigenvalue weighted by Crippen LogP contribution is -2.59. The third-order valence-electron chi connectivity index (χ3n) is 4.89. The van der Waals surface area contributed by atoms with Crippen LogP contribution in [0.2, 0.25) is 0 Å². The fraction of sp³-hybridized carbons (Fsp3) is 0.444. The van der Waals surface area contributed by atoms with Crippen molar-refractivity contribution in [1.82, 2.24) is 9.80 Å². The molecule has 0 radical (unpaired) electrons. The maximum absolute atomic E-state index is 12.6. The van der Waals surface area contributed by atoms with Gasteiger partial charge in [-0.05, 0) is 6.92 Å². The molecule has 1 unspecified atom stereocenters. The summed E-state index contributed by atoms with van der Waals surface area (Å²) in [7, 11) is 6.30. The Bertz CT molecular complexity index is 786. The number of ether oxygens (including phenoxy) is 3. The Labute approximate surface area is 146 Å². The van der Waals surface area contributed by atoms with Gasteiger partial charge in [-0.2, -0.15) is 0 Å². The summed E-state index contributed by atoms with van der Waals surface area (Å²) >= 11 is 0. The predicted octanol–water partition coefficient (Wildman–Crippen LogP) is 1.22. The van der Waals surface area contributed by atoms with Crippen molar-refractivity contribution < 1.29 is 23.8 Å². The molecule has 2 aliphatic heterocycles. The minimum Gasteiger partial charge on any atom is -0.496 e. The standard InChI is InChI=1S/C18H22N2O5/c1-9-15(23-4)11-7-12-18(22)19(3)8-13(21)20(12)10(2)14(11)17(25-6)16(9)24-5/h12H,2,7-8H2,1,3-6H3. The Hall–Kier alpha value is -2.70.